The lowest BCUT2D eigenvalue weighted by Crippen LogP contribution is -2.28. The zero-order valence-electron chi connectivity index (χ0n) is 11.5. The first kappa shape index (κ1) is 13.2. The fourth-order valence-corrected chi connectivity index (χ4v) is 2.56. The Balaban J connectivity index is 3.19. The predicted octanol–water partition coefficient (Wildman–Crippen LogP) is 4.29. The fraction of sp³-hybridized carbons (Fsp3) is 0.667. The van der Waals surface area contributed by atoms with Gasteiger partial charge in [-0.2, -0.15) is 0 Å². The molecule has 0 aromatic carbocycles. The van der Waals surface area contributed by atoms with Crippen molar-refractivity contribution in [3.05, 3.63) is 22.8 Å². The van der Waals surface area contributed by atoms with Crippen molar-refractivity contribution in [1.82, 2.24) is 0 Å². The summed E-state index contributed by atoms with van der Waals surface area (Å²) in [6.45, 7) is 12.7. The lowest BCUT2D eigenvalue weighted by molar-refractivity contribution is -0.112. The number of rotatable bonds is 2. The lowest BCUT2D eigenvalue weighted by Gasteiger charge is -2.36. The normalized spacial score (nSPS) is 24.2. The van der Waals surface area contributed by atoms with Crippen molar-refractivity contribution >= 4 is 5.78 Å². The molecule has 0 aliphatic heterocycles. The van der Waals surface area contributed by atoms with Gasteiger partial charge in [-0.25, -0.2) is 0 Å². The topological polar surface area (TPSA) is 17.1 Å². The van der Waals surface area contributed by atoms with Crippen molar-refractivity contribution in [2.24, 2.45) is 11.3 Å². The maximum absolute atomic E-state index is 12.2. The molecule has 0 heterocycles. The van der Waals surface area contributed by atoms with Gasteiger partial charge < -0.3 is 0 Å². The summed E-state index contributed by atoms with van der Waals surface area (Å²) in [7, 11) is 0. The van der Waals surface area contributed by atoms with Crippen molar-refractivity contribution in [3.63, 3.8) is 0 Å². The van der Waals surface area contributed by atoms with Gasteiger partial charge in [0.2, 0.25) is 0 Å². The smallest absolute Gasteiger partial charge is 0.182 e. The van der Waals surface area contributed by atoms with Crippen LogP contribution >= 0.6 is 0 Å². The van der Waals surface area contributed by atoms with E-state index in [9.17, 15) is 4.79 Å². The van der Waals surface area contributed by atoms with E-state index < -0.39 is 0 Å². The molecule has 0 saturated heterocycles. The molecule has 16 heavy (non-hydrogen) atoms. The maximum Gasteiger partial charge on any atom is 0.182 e. The molecule has 0 spiro atoms. The molecule has 0 radical (unpaired) electrons. The molecule has 0 saturated carbocycles. The molecule has 0 aromatic rings. The van der Waals surface area contributed by atoms with Gasteiger partial charge in [0.15, 0.2) is 5.78 Å². The van der Waals surface area contributed by atoms with Gasteiger partial charge in [-0.15, -0.1) is 0 Å². The molecule has 1 nitrogen and oxygen atoms in total. The minimum Gasteiger partial charge on any atom is -0.290 e. The summed E-state index contributed by atoms with van der Waals surface area (Å²) in [5.74, 6) is 0.770. The van der Waals surface area contributed by atoms with E-state index in [2.05, 4.69) is 27.7 Å². The van der Waals surface area contributed by atoms with Crippen LogP contribution in [0.3, 0.4) is 0 Å². The largest absolute Gasteiger partial charge is 0.290 e. The zero-order valence-corrected chi connectivity index (χ0v) is 11.5. The number of allylic oxidation sites excluding steroid dienone is 4. The maximum atomic E-state index is 12.2. The molecule has 1 atom stereocenters. The molecular formula is C15H24O. The van der Waals surface area contributed by atoms with Gasteiger partial charge >= 0.3 is 0 Å². The molecule has 1 unspecified atom stereocenters. The highest BCUT2D eigenvalue weighted by Gasteiger charge is 2.34. The molecule has 0 N–H and O–H groups in total. The second kappa shape index (κ2) is 4.57. The third kappa shape index (κ3) is 2.63. The third-order valence-corrected chi connectivity index (χ3v) is 3.68. The Hall–Kier alpha value is -0.850. The third-order valence-electron chi connectivity index (χ3n) is 3.68. The highest BCUT2D eigenvalue weighted by Crippen LogP contribution is 2.43. The van der Waals surface area contributed by atoms with Crippen LogP contribution in [0.25, 0.3) is 0 Å². The fourth-order valence-electron chi connectivity index (χ4n) is 2.56. The molecule has 1 rings (SSSR count). The summed E-state index contributed by atoms with van der Waals surface area (Å²) in [6.07, 6.45) is 4.09. The van der Waals surface area contributed by atoms with E-state index >= 15 is 0 Å². The Bertz CT molecular complexity index is 352. The van der Waals surface area contributed by atoms with Crippen LogP contribution in [0.4, 0.5) is 0 Å². The van der Waals surface area contributed by atoms with E-state index in [1.54, 1.807) is 6.08 Å². The van der Waals surface area contributed by atoms with Gasteiger partial charge in [-0.1, -0.05) is 31.9 Å². The molecular weight excluding hydrogens is 196 g/mol. The van der Waals surface area contributed by atoms with E-state index in [0.29, 0.717) is 5.92 Å². The van der Waals surface area contributed by atoms with Gasteiger partial charge in [0.25, 0.3) is 0 Å². The second-order valence-electron chi connectivity index (χ2n) is 5.97. The van der Waals surface area contributed by atoms with Gasteiger partial charge in [-0.3, -0.25) is 4.79 Å². The zero-order chi connectivity index (χ0) is 12.5. The number of hydrogen-bond donors (Lipinski definition) is 0. The van der Waals surface area contributed by atoms with Gasteiger partial charge in [0.05, 0.1) is 0 Å². The Kier molecular flexibility index (Phi) is 3.77. The average molecular weight is 220 g/mol. The minimum atomic E-state index is 0.0413. The van der Waals surface area contributed by atoms with Crippen molar-refractivity contribution in [2.45, 2.75) is 54.4 Å². The quantitative estimate of drug-likeness (QED) is 0.634. The van der Waals surface area contributed by atoms with Crippen LogP contribution in [-0.2, 0) is 4.79 Å². The number of carbonyl (C=O) groups is 1. The summed E-state index contributed by atoms with van der Waals surface area (Å²) in [5, 5.41) is 0. The van der Waals surface area contributed by atoms with Gasteiger partial charge in [0.1, 0.15) is 0 Å². The summed E-state index contributed by atoms with van der Waals surface area (Å²) < 4.78 is 0. The molecule has 1 aliphatic carbocycles. The Morgan fingerprint density at radius 2 is 1.94 bits per heavy atom. The highest BCUT2D eigenvalue weighted by atomic mass is 16.1. The predicted molar refractivity (Wildman–Crippen MR) is 69.3 cm³/mol. The van der Waals surface area contributed by atoms with E-state index in [0.717, 1.165) is 17.6 Å². The van der Waals surface area contributed by atoms with Crippen molar-refractivity contribution in [2.75, 3.05) is 0 Å². The molecule has 0 bridgehead atoms. The summed E-state index contributed by atoms with van der Waals surface area (Å²) in [6, 6.07) is 0. The molecule has 0 aromatic heterocycles. The van der Waals surface area contributed by atoms with E-state index in [1.165, 1.54) is 12.0 Å². The molecule has 0 fully saturated rings. The van der Waals surface area contributed by atoms with Gasteiger partial charge in [-0.05, 0) is 51.0 Å². The van der Waals surface area contributed by atoms with Crippen LogP contribution in [0.15, 0.2) is 22.8 Å². The lowest BCUT2D eigenvalue weighted by atomic mass is 9.68. The Morgan fingerprint density at radius 3 is 2.44 bits per heavy atom. The standard InChI is InChI=1S/C15H24O/c1-10(2)9-13(16)14-12(4)11(3)7-8-15(14,5)6/h9,11H,7-8H2,1-6H3. The number of hydrogen-bond acceptors (Lipinski definition) is 1. The van der Waals surface area contributed by atoms with Gasteiger partial charge in [0, 0.05) is 5.57 Å². The first-order valence-corrected chi connectivity index (χ1v) is 6.16. The molecule has 0 amide bonds. The van der Waals surface area contributed by atoms with Crippen LogP contribution in [0, 0.1) is 11.3 Å². The first-order chi connectivity index (χ1) is 7.25. The van der Waals surface area contributed by atoms with E-state index in [1.807, 2.05) is 13.8 Å². The van der Waals surface area contributed by atoms with E-state index in [-0.39, 0.29) is 11.2 Å². The Morgan fingerprint density at radius 1 is 1.38 bits per heavy atom. The first-order valence-electron chi connectivity index (χ1n) is 6.16. The molecule has 1 heteroatoms. The molecule has 1 aliphatic rings. The summed E-state index contributed by atoms with van der Waals surface area (Å²) in [4.78, 5) is 12.2. The number of ketones is 1. The average Bonchev–Trinajstić information content (AvgIpc) is 2.10. The Labute approximate surface area is 99.6 Å². The van der Waals surface area contributed by atoms with Crippen LogP contribution in [0.5, 0.6) is 0 Å². The van der Waals surface area contributed by atoms with Crippen molar-refractivity contribution in [1.29, 1.82) is 0 Å². The highest BCUT2D eigenvalue weighted by molar-refractivity contribution is 6.05. The van der Waals surface area contributed by atoms with Crippen molar-refractivity contribution in [3.8, 4) is 0 Å². The monoisotopic (exact) mass is 220 g/mol. The number of carbonyl (C=O) groups excluding carboxylic acids is 1. The van der Waals surface area contributed by atoms with Crippen LogP contribution in [-0.4, -0.2) is 5.78 Å². The second-order valence-corrected chi connectivity index (χ2v) is 5.97. The minimum absolute atomic E-state index is 0.0413. The summed E-state index contributed by atoms with van der Waals surface area (Å²) in [5.41, 5.74) is 3.46. The summed E-state index contributed by atoms with van der Waals surface area (Å²) >= 11 is 0. The SMILES string of the molecule is CC(C)=CC(=O)C1=C(C)C(C)CCC1(C)C. The van der Waals surface area contributed by atoms with Crippen LogP contribution < -0.4 is 0 Å². The van der Waals surface area contributed by atoms with Crippen LogP contribution in [0.2, 0.25) is 0 Å². The molecule has 90 valence electrons. The van der Waals surface area contributed by atoms with Crippen LogP contribution in [0.1, 0.15) is 54.4 Å². The van der Waals surface area contributed by atoms with E-state index in [4.69, 9.17) is 0 Å². The van der Waals surface area contributed by atoms with Crippen molar-refractivity contribution < 1.29 is 4.79 Å².